The van der Waals surface area contributed by atoms with Crippen LogP contribution in [0.2, 0.25) is 0 Å². The largest absolute Gasteiger partial charge is 0.456 e. The van der Waals surface area contributed by atoms with Crippen molar-refractivity contribution in [2.24, 2.45) is 5.92 Å². The number of fused-ring (bicyclic) bond motifs is 1. The van der Waals surface area contributed by atoms with Crippen molar-refractivity contribution in [1.29, 1.82) is 0 Å². The number of esters is 1. The van der Waals surface area contributed by atoms with Crippen LogP contribution >= 0.6 is 0 Å². The number of carbonyl (C=O) groups excluding carboxylic acids is 1. The lowest BCUT2D eigenvalue weighted by molar-refractivity contribution is -0.862. The van der Waals surface area contributed by atoms with Crippen LogP contribution in [0, 0.1) is 12.8 Å². The Morgan fingerprint density at radius 2 is 2.00 bits per heavy atom. The highest BCUT2D eigenvalue weighted by atomic mass is 16.6. The first-order valence-corrected chi connectivity index (χ1v) is 7.37. The van der Waals surface area contributed by atoms with Crippen molar-refractivity contribution in [3.63, 3.8) is 0 Å². The first-order chi connectivity index (χ1) is 9.86. The summed E-state index contributed by atoms with van der Waals surface area (Å²) in [4.78, 5) is 13.5. The van der Waals surface area contributed by atoms with Gasteiger partial charge in [0.15, 0.2) is 0 Å². The van der Waals surface area contributed by atoms with Gasteiger partial charge >= 0.3 is 5.97 Å². The van der Waals surface area contributed by atoms with Crippen LogP contribution < -0.4 is 4.90 Å². The first-order valence-electron chi connectivity index (χ1n) is 7.37. The van der Waals surface area contributed by atoms with Crippen LogP contribution in [0.1, 0.15) is 30.0 Å². The Hall–Kier alpha value is -1.81. The van der Waals surface area contributed by atoms with Crippen LogP contribution in [-0.2, 0) is 4.74 Å². The lowest BCUT2D eigenvalue weighted by Gasteiger charge is -2.21. The summed E-state index contributed by atoms with van der Waals surface area (Å²) >= 11 is 0. The first kappa shape index (κ1) is 15.6. The van der Waals surface area contributed by atoms with E-state index in [0.29, 0.717) is 11.5 Å². The third-order valence-corrected chi connectivity index (χ3v) is 3.70. The van der Waals surface area contributed by atoms with Gasteiger partial charge in [0.1, 0.15) is 11.7 Å². The molecule has 1 aromatic heterocycles. The van der Waals surface area contributed by atoms with Gasteiger partial charge in [0.05, 0.1) is 20.6 Å². The van der Waals surface area contributed by atoms with E-state index in [-0.39, 0.29) is 11.9 Å². The average molecular weight is 290 g/mol. The van der Waals surface area contributed by atoms with E-state index in [4.69, 9.17) is 9.15 Å². The van der Waals surface area contributed by atoms with E-state index >= 15 is 0 Å². The highest BCUT2D eigenvalue weighted by Gasteiger charge is 2.22. The number of benzene rings is 1. The molecule has 114 valence electrons. The standard InChI is InChI=1S/C17H23NO3/c1-11-6-7-15-14(8-11)9-16(21-15)17(19)20-13(3)12(2)10-18(4)5/h6-9,12-13H,10H2,1-5H3/p+1/t12-,13-/m1/s1. The molecular formula is C17H24NO3+. The minimum Gasteiger partial charge on any atom is -0.456 e. The molecule has 0 fully saturated rings. The van der Waals surface area contributed by atoms with Gasteiger partial charge in [-0.3, -0.25) is 0 Å². The molecule has 0 unspecified atom stereocenters. The molecular weight excluding hydrogens is 266 g/mol. The number of rotatable bonds is 5. The van der Waals surface area contributed by atoms with Crippen molar-refractivity contribution < 1.29 is 18.8 Å². The monoisotopic (exact) mass is 290 g/mol. The Balaban J connectivity index is 2.08. The molecule has 0 aliphatic carbocycles. The minimum absolute atomic E-state index is 0.137. The van der Waals surface area contributed by atoms with Crippen LogP contribution in [0.3, 0.4) is 0 Å². The zero-order chi connectivity index (χ0) is 15.6. The molecule has 0 radical (unpaired) electrons. The number of quaternary nitrogens is 1. The highest BCUT2D eigenvalue weighted by molar-refractivity contribution is 5.92. The molecule has 0 saturated carbocycles. The van der Waals surface area contributed by atoms with Gasteiger partial charge in [0, 0.05) is 11.3 Å². The Bertz CT molecular complexity index is 630. The summed E-state index contributed by atoms with van der Waals surface area (Å²) in [6.45, 7) is 6.98. The van der Waals surface area contributed by atoms with Crippen molar-refractivity contribution >= 4 is 16.9 Å². The van der Waals surface area contributed by atoms with E-state index in [2.05, 4.69) is 21.0 Å². The van der Waals surface area contributed by atoms with Gasteiger partial charge in [0.2, 0.25) is 5.76 Å². The maximum Gasteiger partial charge on any atom is 0.374 e. The van der Waals surface area contributed by atoms with Crippen LogP contribution in [0.5, 0.6) is 0 Å². The van der Waals surface area contributed by atoms with Gasteiger partial charge in [-0.05, 0) is 32.0 Å². The smallest absolute Gasteiger partial charge is 0.374 e. The molecule has 1 N–H and O–H groups in total. The lowest BCUT2D eigenvalue weighted by atomic mass is 10.1. The summed E-state index contributed by atoms with van der Waals surface area (Å²) in [7, 11) is 4.18. The molecule has 0 saturated heterocycles. The number of hydrogen-bond acceptors (Lipinski definition) is 3. The number of furan rings is 1. The lowest BCUT2D eigenvalue weighted by Crippen LogP contribution is -3.06. The average Bonchev–Trinajstić information content (AvgIpc) is 2.80. The predicted molar refractivity (Wildman–Crippen MR) is 82.7 cm³/mol. The van der Waals surface area contributed by atoms with Gasteiger partial charge in [-0.25, -0.2) is 4.79 Å². The Labute approximate surface area is 125 Å². The zero-order valence-corrected chi connectivity index (χ0v) is 13.4. The van der Waals surface area contributed by atoms with Crippen LogP contribution in [0.25, 0.3) is 11.0 Å². The molecule has 21 heavy (non-hydrogen) atoms. The van der Waals surface area contributed by atoms with Crippen molar-refractivity contribution in [3.05, 3.63) is 35.6 Å². The molecule has 1 aromatic carbocycles. The summed E-state index contributed by atoms with van der Waals surface area (Å²) in [5.41, 5.74) is 1.85. The topological polar surface area (TPSA) is 43.9 Å². The van der Waals surface area contributed by atoms with Crippen molar-refractivity contribution in [1.82, 2.24) is 0 Å². The summed E-state index contributed by atoms with van der Waals surface area (Å²) in [5.74, 6) is 0.175. The normalized spacial score (nSPS) is 14.4. The second-order valence-corrected chi connectivity index (χ2v) is 6.15. The van der Waals surface area contributed by atoms with E-state index in [1.165, 1.54) is 4.90 Å². The van der Waals surface area contributed by atoms with Crippen molar-refractivity contribution in [2.75, 3.05) is 20.6 Å². The molecule has 4 heteroatoms. The third-order valence-electron chi connectivity index (χ3n) is 3.70. The minimum atomic E-state index is -0.392. The number of hydrogen-bond donors (Lipinski definition) is 1. The SMILES string of the molecule is Cc1ccc2oc(C(=O)O[C@H](C)[C@H](C)C[NH+](C)C)cc2c1. The van der Waals surface area contributed by atoms with Gasteiger partial charge in [-0.2, -0.15) is 0 Å². The molecule has 4 nitrogen and oxygen atoms in total. The molecule has 0 aliphatic heterocycles. The molecule has 2 atom stereocenters. The Kier molecular flexibility index (Phi) is 4.68. The van der Waals surface area contributed by atoms with Crippen molar-refractivity contribution in [3.8, 4) is 0 Å². The molecule has 0 aliphatic rings. The summed E-state index contributed by atoms with van der Waals surface area (Å²) in [6.07, 6.45) is -0.137. The maximum atomic E-state index is 12.2. The van der Waals surface area contributed by atoms with Gasteiger partial charge in [-0.15, -0.1) is 0 Å². The van der Waals surface area contributed by atoms with Gasteiger partial charge in [-0.1, -0.05) is 18.6 Å². The Morgan fingerprint density at radius 3 is 2.67 bits per heavy atom. The number of carbonyl (C=O) groups is 1. The summed E-state index contributed by atoms with van der Waals surface area (Å²) < 4.78 is 11.1. The van der Waals surface area contributed by atoms with Crippen LogP contribution in [0.15, 0.2) is 28.7 Å². The van der Waals surface area contributed by atoms with E-state index < -0.39 is 5.97 Å². The van der Waals surface area contributed by atoms with E-state index in [1.807, 2.05) is 32.0 Å². The zero-order valence-electron chi connectivity index (χ0n) is 13.4. The Morgan fingerprint density at radius 1 is 1.29 bits per heavy atom. The van der Waals surface area contributed by atoms with Gasteiger partial charge < -0.3 is 14.1 Å². The van der Waals surface area contributed by atoms with Crippen LogP contribution in [-0.4, -0.2) is 32.7 Å². The molecule has 0 amide bonds. The second-order valence-electron chi connectivity index (χ2n) is 6.15. The predicted octanol–water partition coefficient (Wildman–Crippen LogP) is 2.07. The van der Waals surface area contributed by atoms with Crippen molar-refractivity contribution in [2.45, 2.75) is 26.9 Å². The second kappa shape index (κ2) is 6.31. The number of ether oxygens (including phenoxy) is 1. The quantitative estimate of drug-likeness (QED) is 0.857. The fourth-order valence-electron chi connectivity index (χ4n) is 2.42. The van der Waals surface area contributed by atoms with E-state index in [9.17, 15) is 4.79 Å². The molecule has 1 heterocycles. The number of nitrogens with one attached hydrogen (secondary N) is 1. The summed E-state index contributed by atoms with van der Waals surface area (Å²) in [5, 5.41) is 0.931. The molecule has 0 spiro atoms. The fraction of sp³-hybridized carbons (Fsp3) is 0.471. The molecule has 2 rings (SSSR count). The van der Waals surface area contributed by atoms with Crippen LogP contribution in [0.4, 0.5) is 0 Å². The number of aryl methyl sites for hydroxylation is 1. The maximum absolute atomic E-state index is 12.2. The fourth-order valence-corrected chi connectivity index (χ4v) is 2.42. The van der Waals surface area contributed by atoms with Gasteiger partial charge in [0.25, 0.3) is 0 Å². The third kappa shape index (κ3) is 3.85. The molecule has 0 bridgehead atoms. The highest BCUT2D eigenvalue weighted by Crippen LogP contribution is 2.22. The summed E-state index contributed by atoms with van der Waals surface area (Å²) in [6, 6.07) is 7.59. The van der Waals surface area contributed by atoms with E-state index in [0.717, 1.165) is 17.5 Å². The molecule has 2 aromatic rings. The van der Waals surface area contributed by atoms with E-state index in [1.54, 1.807) is 6.07 Å².